The topological polar surface area (TPSA) is 47.3 Å². The quantitative estimate of drug-likeness (QED) is 0.664. The van der Waals surface area contributed by atoms with Gasteiger partial charge in [-0.05, 0) is 24.3 Å². The van der Waals surface area contributed by atoms with Crippen molar-refractivity contribution < 1.29 is 13.5 Å². The Morgan fingerprint density at radius 1 is 1.00 bits per heavy atom. The summed E-state index contributed by atoms with van der Waals surface area (Å²) in [5.41, 5.74) is 2.34. The van der Waals surface area contributed by atoms with E-state index >= 15 is 0 Å². The van der Waals surface area contributed by atoms with Crippen molar-refractivity contribution in [1.82, 2.24) is 0 Å². The van der Waals surface area contributed by atoms with Gasteiger partial charge < -0.3 is 10.2 Å². The predicted octanol–water partition coefficient (Wildman–Crippen LogP) is 3.46. The van der Waals surface area contributed by atoms with Crippen molar-refractivity contribution in [2.75, 3.05) is 5.43 Å². The summed E-state index contributed by atoms with van der Waals surface area (Å²) in [4.78, 5) is 0. The zero-order valence-corrected chi connectivity index (χ0v) is 10.0. The number of nitrogen functional groups attached to an aromatic ring is 1. The molecule has 0 unspecified atom stereocenters. The second kappa shape index (κ2) is 6.18. The number of nitrogens with two attached hydrogens (primary N) is 1. The molecule has 0 heterocycles. The van der Waals surface area contributed by atoms with Crippen LogP contribution < -0.4 is 16.0 Å². The largest absolute Gasteiger partial charge is 0.454 e. The molecule has 96 valence electrons. The third-order valence-corrected chi connectivity index (χ3v) is 2.16. The molecule has 0 amide bonds. The molecule has 0 aromatic heterocycles. The lowest BCUT2D eigenvalue weighted by atomic mass is 10.3. The lowest BCUT2D eigenvalue weighted by molar-refractivity contribution is 0.439. The maximum Gasteiger partial charge on any atom is 0.165 e. The Morgan fingerprint density at radius 3 is 2.33 bits per heavy atom. The molecule has 3 nitrogen and oxygen atoms in total. The first-order valence-corrected chi connectivity index (χ1v) is 4.89. The molecule has 0 saturated carbocycles. The predicted molar refractivity (Wildman–Crippen MR) is 67.9 cm³/mol. The zero-order chi connectivity index (χ0) is 12.3. The second-order valence-electron chi connectivity index (χ2n) is 3.32. The standard InChI is InChI=1S/C12H10F2N2O.ClH/c13-9-3-1-2-4-12(9)17-8-5-6-11(16-15)10(14)7-8;/h1-7,16H,15H2;1H. The lowest BCUT2D eigenvalue weighted by Crippen LogP contribution is -2.08. The summed E-state index contributed by atoms with van der Waals surface area (Å²) in [5.74, 6) is 4.26. The Kier molecular flexibility index (Phi) is 4.88. The Labute approximate surface area is 109 Å². The minimum Gasteiger partial charge on any atom is -0.454 e. The van der Waals surface area contributed by atoms with Crippen molar-refractivity contribution in [3.63, 3.8) is 0 Å². The van der Waals surface area contributed by atoms with E-state index in [2.05, 4.69) is 5.43 Å². The summed E-state index contributed by atoms with van der Waals surface area (Å²) in [7, 11) is 0. The number of nitrogens with one attached hydrogen (secondary N) is 1. The van der Waals surface area contributed by atoms with Gasteiger partial charge in [0.15, 0.2) is 17.4 Å². The smallest absolute Gasteiger partial charge is 0.165 e. The van der Waals surface area contributed by atoms with Crippen molar-refractivity contribution in [2.45, 2.75) is 0 Å². The summed E-state index contributed by atoms with van der Waals surface area (Å²) in [6.07, 6.45) is 0. The number of para-hydroxylation sites is 1. The highest BCUT2D eigenvalue weighted by Gasteiger charge is 2.06. The van der Waals surface area contributed by atoms with E-state index in [0.29, 0.717) is 0 Å². The van der Waals surface area contributed by atoms with Crippen LogP contribution in [0.4, 0.5) is 14.5 Å². The molecular formula is C12H11ClF2N2O. The molecule has 2 aromatic rings. The van der Waals surface area contributed by atoms with Gasteiger partial charge in [-0.15, -0.1) is 12.4 Å². The van der Waals surface area contributed by atoms with E-state index in [9.17, 15) is 8.78 Å². The Morgan fingerprint density at radius 2 is 1.72 bits per heavy atom. The summed E-state index contributed by atoms with van der Waals surface area (Å²) in [5, 5.41) is 0. The summed E-state index contributed by atoms with van der Waals surface area (Å²) in [6.45, 7) is 0. The number of hydrogen-bond donors (Lipinski definition) is 2. The van der Waals surface area contributed by atoms with Crippen molar-refractivity contribution >= 4 is 18.1 Å². The first-order chi connectivity index (χ1) is 8.20. The van der Waals surface area contributed by atoms with Gasteiger partial charge >= 0.3 is 0 Å². The first kappa shape index (κ1) is 14.2. The second-order valence-corrected chi connectivity index (χ2v) is 3.32. The Balaban J connectivity index is 0.00000162. The van der Waals surface area contributed by atoms with Crippen LogP contribution in [0.15, 0.2) is 42.5 Å². The minimum absolute atomic E-state index is 0. The summed E-state index contributed by atoms with van der Waals surface area (Å²) < 4.78 is 31.8. The van der Waals surface area contributed by atoms with Crippen LogP contribution in [0, 0.1) is 11.6 Å². The minimum atomic E-state index is -0.568. The lowest BCUT2D eigenvalue weighted by Gasteiger charge is -2.08. The van der Waals surface area contributed by atoms with E-state index in [1.165, 1.54) is 24.3 Å². The Hall–Kier alpha value is -1.85. The van der Waals surface area contributed by atoms with Gasteiger partial charge in [0.1, 0.15) is 5.75 Å². The van der Waals surface area contributed by atoms with E-state index in [0.717, 1.165) is 6.07 Å². The van der Waals surface area contributed by atoms with Crippen LogP contribution >= 0.6 is 12.4 Å². The molecule has 0 spiro atoms. The van der Waals surface area contributed by atoms with Gasteiger partial charge in [-0.2, -0.15) is 0 Å². The molecule has 0 aliphatic heterocycles. The van der Waals surface area contributed by atoms with E-state index in [-0.39, 0.29) is 29.6 Å². The number of ether oxygens (including phenoxy) is 1. The van der Waals surface area contributed by atoms with Crippen LogP contribution in [-0.2, 0) is 0 Å². The zero-order valence-electron chi connectivity index (χ0n) is 9.19. The van der Waals surface area contributed by atoms with Gasteiger partial charge in [0, 0.05) is 6.07 Å². The fourth-order valence-electron chi connectivity index (χ4n) is 1.33. The molecule has 6 heteroatoms. The number of hydrogen-bond acceptors (Lipinski definition) is 3. The first-order valence-electron chi connectivity index (χ1n) is 4.89. The number of rotatable bonds is 3. The molecular weight excluding hydrogens is 262 g/mol. The molecule has 2 rings (SSSR count). The molecule has 0 bridgehead atoms. The van der Waals surface area contributed by atoms with Gasteiger partial charge in [0.2, 0.25) is 0 Å². The van der Waals surface area contributed by atoms with Crippen molar-refractivity contribution in [2.24, 2.45) is 5.84 Å². The maximum atomic E-state index is 13.3. The van der Waals surface area contributed by atoms with Crippen molar-refractivity contribution in [3.8, 4) is 11.5 Å². The average Bonchev–Trinajstić information content (AvgIpc) is 2.32. The summed E-state index contributed by atoms with van der Waals surface area (Å²) in [6, 6.07) is 9.93. The number of anilines is 1. The van der Waals surface area contributed by atoms with Crippen molar-refractivity contribution in [3.05, 3.63) is 54.1 Å². The molecule has 0 aliphatic rings. The van der Waals surface area contributed by atoms with Crippen LogP contribution in [0.5, 0.6) is 11.5 Å². The van der Waals surface area contributed by atoms with Gasteiger partial charge in [0.05, 0.1) is 5.69 Å². The van der Waals surface area contributed by atoms with Crippen LogP contribution in [0.1, 0.15) is 0 Å². The highest BCUT2D eigenvalue weighted by Crippen LogP contribution is 2.26. The molecule has 2 aromatic carbocycles. The molecule has 0 aliphatic carbocycles. The van der Waals surface area contributed by atoms with Gasteiger partial charge in [0.25, 0.3) is 0 Å². The highest BCUT2D eigenvalue weighted by molar-refractivity contribution is 5.85. The van der Waals surface area contributed by atoms with Crippen LogP contribution in [0.3, 0.4) is 0 Å². The maximum absolute atomic E-state index is 13.3. The van der Waals surface area contributed by atoms with Gasteiger partial charge in [-0.3, -0.25) is 5.84 Å². The third kappa shape index (κ3) is 3.09. The van der Waals surface area contributed by atoms with E-state index in [1.807, 2.05) is 0 Å². The summed E-state index contributed by atoms with van der Waals surface area (Å²) >= 11 is 0. The number of hydrazine groups is 1. The fraction of sp³-hybridized carbons (Fsp3) is 0. The van der Waals surface area contributed by atoms with Gasteiger partial charge in [-0.1, -0.05) is 12.1 Å². The molecule has 0 atom stereocenters. The van der Waals surface area contributed by atoms with E-state index in [4.69, 9.17) is 10.6 Å². The molecule has 0 radical (unpaired) electrons. The fourth-order valence-corrected chi connectivity index (χ4v) is 1.33. The van der Waals surface area contributed by atoms with Crippen LogP contribution in [-0.4, -0.2) is 0 Å². The molecule has 0 fully saturated rings. The highest BCUT2D eigenvalue weighted by atomic mass is 35.5. The monoisotopic (exact) mass is 272 g/mol. The molecule has 3 N–H and O–H groups in total. The van der Waals surface area contributed by atoms with Crippen molar-refractivity contribution in [1.29, 1.82) is 0 Å². The average molecular weight is 273 g/mol. The molecule has 18 heavy (non-hydrogen) atoms. The van der Waals surface area contributed by atoms with Crippen LogP contribution in [0.25, 0.3) is 0 Å². The van der Waals surface area contributed by atoms with E-state index < -0.39 is 11.6 Å². The number of benzene rings is 2. The third-order valence-electron chi connectivity index (χ3n) is 2.16. The van der Waals surface area contributed by atoms with Gasteiger partial charge in [-0.25, -0.2) is 8.78 Å². The Bertz CT molecular complexity index is 537. The van der Waals surface area contributed by atoms with Crippen LogP contribution in [0.2, 0.25) is 0 Å². The SMILES string of the molecule is Cl.NNc1ccc(Oc2ccccc2F)cc1F. The number of halogens is 3. The normalized spacial score (nSPS) is 9.50. The molecule has 0 saturated heterocycles. The van der Waals surface area contributed by atoms with E-state index in [1.54, 1.807) is 12.1 Å².